The van der Waals surface area contributed by atoms with Crippen LogP contribution in [0, 0.1) is 0 Å². The van der Waals surface area contributed by atoms with E-state index in [0.29, 0.717) is 23.9 Å². The summed E-state index contributed by atoms with van der Waals surface area (Å²) in [5.74, 6) is -0.578. The number of carbonyl (C=O) groups excluding carboxylic acids is 1. The zero-order valence-corrected chi connectivity index (χ0v) is 16.2. The van der Waals surface area contributed by atoms with Crippen molar-refractivity contribution in [3.63, 3.8) is 0 Å². The molecule has 1 fully saturated rings. The Morgan fingerprint density at radius 3 is 2.44 bits per heavy atom. The number of hydrogen-bond donors (Lipinski definition) is 0. The van der Waals surface area contributed by atoms with Crippen molar-refractivity contribution in [2.24, 2.45) is 0 Å². The van der Waals surface area contributed by atoms with Gasteiger partial charge in [0.05, 0.1) is 0 Å². The van der Waals surface area contributed by atoms with E-state index in [1.54, 1.807) is 29.2 Å². The van der Waals surface area contributed by atoms with E-state index in [-0.39, 0.29) is 12.5 Å². The van der Waals surface area contributed by atoms with Crippen molar-refractivity contribution in [2.75, 3.05) is 18.8 Å². The number of carbonyl (C=O) groups is 1. The van der Waals surface area contributed by atoms with Gasteiger partial charge in [0.25, 0.3) is 5.89 Å². The Bertz CT molecular complexity index is 874. The second-order valence-corrected chi connectivity index (χ2v) is 8.56. The minimum atomic E-state index is -3.99. The fraction of sp³-hybridized carbons (Fsp3) is 0.471. The Morgan fingerprint density at radius 2 is 1.78 bits per heavy atom. The van der Waals surface area contributed by atoms with E-state index >= 15 is 0 Å². The van der Waals surface area contributed by atoms with Crippen LogP contribution in [0.4, 0.5) is 0 Å². The number of hydrogen-bond acceptors (Lipinski definition) is 7. The standard InChI is InChI=1S/C17H20ClN3O5S/c18-13-5-7-14(8-6-13)25-11-15-19-20-17(26-15)27(23,24)12-16(22)21-9-3-1-2-4-10-21/h5-8H,1-4,9-12H2. The van der Waals surface area contributed by atoms with Gasteiger partial charge in [-0.1, -0.05) is 29.5 Å². The number of benzene rings is 1. The third-order valence-corrected chi connectivity index (χ3v) is 5.74. The van der Waals surface area contributed by atoms with Crippen LogP contribution in [-0.2, 0) is 21.2 Å². The number of rotatable bonds is 6. The third-order valence-electron chi connectivity index (χ3n) is 4.16. The van der Waals surface area contributed by atoms with E-state index in [0.717, 1.165) is 25.7 Å². The van der Waals surface area contributed by atoms with Gasteiger partial charge in [0.2, 0.25) is 15.7 Å². The van der Waals surface area contributed by atoms with Gasteiger partial charge in [-0.15, -0.1) is 5.10 Å². The minimum Gasteiger partial charge on any atom is -0.484 e. The predicted octanol–water partition coefficient (Wildman–Crippen LogP) is 2.48. The van der Waals surface area contributed by atoms with Crippen LogP contribution >= 0.6 is 11.6 Å². The average Bonchev–Trinajstić information content (AvgIpc) is 2.95. The molecule has 1 saturated heterocycles. The molecule has 1 aromatic carbocycles. The van der Waals surface area contributed by atoms with Crippen molar-refractivity contribution in [1.82, 2.24) is 15.1 Å². The highest BCUT2D eigenvalue weighted by molar-refractivity contribution is 7.91. The van der Waals surface area contributed by atoms with Gasteiger partial charge in [0, 0.05) is 18.1 Å². The molecule has 0 bridgehead atoms. The van der Waals surface area contributed by atoms with Gasteiger partial charge in [0.15, 0.2) is 6.61 Å². The van der Waals surface area contributed by atoms with Crippen molar-refractivity contribution < 1.29 is 22.4 Å². The van der Waals surface area contributed by atoms with E-state index in [1.807, 2.05) is 0 Å². The molecule has 1 aromatic heterocycles. The molecule has 0 N–H and O–H groups in total. The molecule has 1 amide bonds. The molecule has 3 rings (SSSR count). The molecule has 1 aliphatic heterocycles. The Labute approximate surface area is 162 Å². The molecular weight excluding hydrogens is 394 g/mol. The number of amides is 1. The van der Waals surface area contributed by atoms with Gasteiger partial charge in [0.1, 0.15) is 11.5 Å². The summed E-state index contributed by atoms with van der Waals surface area (Å²) in [5, 5.41) is 7.24. The first kappa shape index (κ1) is 19.6. The second kappa shape index (κ2) is 8.71. The molecule has 8 nitrogen and oxygen atoms in total. The second-order valence-electron chi connectivity index (χ2n) is 6.26. The molecule has 27 heavy (non-hydrogen) atoms. The molecular formula is C17H20ClN3O5S. The Morgan fingerprint density at radius 1 is 1.11 bits per heavy atom. The first-order chi connectivity index (χ1) is 12.9. The van der Waals surface area contributed by atoms with Crippen LogP contribution in [0.3, 0.4) is 0 Å². The summed E-state index contributed by atoms with van der Waals surface area (Å²) in [6, 6.07) is 6.65. The predicted molar refractivity (Wildman–Crippen MR) is 97.2 cm³/mol. The molecule has 2 heterocycles. The van der Waals surface area contributed by atoms with Crippen LogP contribution in [-0.4, -0.2) is 48.3 Å². The van der Waals surface area contributed by atoms with E-state index in [1.165, 1.54) is 0 Å². The van der Waals surface area contributed by atoms with E-state index < -0.39 is 26.7 Å². The Hall–Kier alpha value is -2.13. The number of sulfone groups is 1. The number of ether oxygens (including phenoxy) is 1. The molecule has 0 unspecified atom stereocenters. The molecule has 1 aliphatic rings. The van der Waals surface area contributed by atoms with Crippen LogP contribution in [0.1, 0.15) is 31.6 Å². The highest BCUT2D eigenvalue weighted by atomic mass is 35.5. The summed E-state index contributed by atoms with van der Waals surface area (Å²) in [6.45, 7) is 1.07. The van der Waals surface area contributed by atoms with E-state index in [9.17, 15) is 13.2 Å². The van der Waals surface area contributed by atoms with Crippen molar-refractivity contribution >= 4 is 27.3 Å². The van der Waals surface area contributed by atoms with Gasteiger partial charge in [-0.2, -0.15) is 0 Å². The fourth-order valence-electron chi connectivity index (χ4n) is 2.73. The van der Waals surface area contributed by atoms with Gasteiger partial charge < -0.3 is 14.1 Å². The Kier molecular flexibility index (Phi) is 6.33. The molecule has 0 aliphatic carbocycles. The smallest absolute Gasteiger partial charge is 0.336 e. The number of halogens is 1. The molecule has 0 atom stereocenters. The largest absolute Gasteiger partial charge is 0.484 e. The summed E-state index contributed by atoms with van der Waals surface area (Å²) in [5.41, 5.74) is 0. The van der Waals surface area contributed by atoms with E-state index in [4.69, 9.17) is 20.8 Å². The lowest BCUT2D eigenvalue weighted by Gasteiger charge is -2.19. The zero-order valence-electron chi connectivity index (χ0n) is 14.6. The summed E-state index contributed by atoms with van der Waals surface area (Å²) >= 11 is 5.79. The van der Waals surface area contributed by atoms with Crippen LogP contribution in [0.2, 0.25) is 5.02 Å². The lowest BCUT2D eigenvalue weighted by atomic mass is 10.2. The molecule has 0 radical (unpaired) electrons. The zero-order chi connectivity index (χ0) is 19.3. The maximum atomic E-state index is 12.4. The quantitative estimate of drug-likeness (QED) is 0.716. The van der Waals surface area contributed by atoms with Crippen LogP contribution in [0.15, 0.2) is 33.9 Å². The topological polar surface area (TPSA) is 103 Å². The van der Waals surface area contributed by atoms with Crippen molar-refractivity contribution in [3.05, 3.63) is 35.2 Å². The van der Waals surface area contributed by atoms with Gasteiger partial charge in [-0.05, 0) is 37.1 Å². The summed E-state index contributed by atoms with van der Waals surface area (Å²) in [4.78, 5) is 13.9. The normalized spacial score (nSPS) is 15.4. The summed E-state index contributed by atoms with van der Waals surface area (Å²) in [6.07, 6.45) is 3.88. The van der Waals surface area contributed by atoms with Crippen LogP contribution < -0.4 is 4.74 Å². The van der Waals surface area contributed by atoms with Crippen molar-refractivity contribution in [3.8, 4) is 5.75 Å². The molecule has 10 heteroatoms. The first-order valence-electron chi connectivity index (χ1n) is 8.65. The average molecular weight is 414 g/mol. The van der Waals surface area contributed by atoms with Gasteiger partial charge >= 0.3 is 5.22 Å². The summed E-state index contributed by atoms with van der Waals surface area (Å²) < 4.78 is 35.4. The lowest BCUT2D eigenvalue weighted by Crippen LogP contribution is -2.36. The third kappa shape index (κ3) is 5.43. The highest BCUT2D eigenvalue weighted by Crippen LogP contribution is 2.18. The minimum absolute atomic E-state index is 0.00532. The maximum Gasteiger partial charge on any atom is 0.336 e. The van der Waals surface area contributed by atoms with Crippen molar-refractivity contribution in [1.29, 1.82) is 0 Å². The SMILES string of the molecule is O=C(CS(=O)(=O)c1nnc(COc2ccc(Cl)cc2)o1)N1CCCCCC1. The summed E-state index contributed by atoms with van der Waals surface area (Å²) in [7, 11) is -3.99. The first-order valence-corrected chi connectivity index (χ1v) is 10.7. The number of nitrogens with zero attached hydrogens (tertiary/aromatic N) is 3. The lowest BCUT2D eigenvalue weighted by molar-refractivity contribution is -0.128. The van der Waals surface area contributed by atoms with Gasteiger partial charge in [-0.3, -0.25) is 4.79 Å². The number of likely N-dealkylation sites (tertiary alicyclic amines) is 1. The van der Waals surface area contributed by atoms with Gasteiger partial charge in [-0.25, -0.2) is 8.42 Å². The number of aromatic nitrogens is 2. The maximum absolute atomic E-state index is 12.4. The van der Waals surface area contributed by atoms with E-state index in [2.05, 4.69) is 10.2 Å². The fourth-order valence-corrected chi connectivity index (χ4v) is 3.88. The monoisotopic (exact) mass is 413 g/mol. The van der Waals surface area contributed by atoms with Crippen molar-refractivity contribution in [2.45, 2.75) is 37.5 Å². The van der Waals surface area contributed by atoms with Crippen LogP contribution in [0.25, 0.3) is 0 Å². The molecule has 2 aromatic rings. The Balaban J connectivity index is 1.60. The van der Waals surface area contributed by atoms with Crippen LogP contribution in [0.5, 0.6) is 5.75 Å². The highest BCUT2D eigenvalue weighted by Gasteiger charge is 2.29. The molecule has 0 spiro atoms. The molecule has 0 saturated carbocycles. The molecule has 146 valence electrons.